The van der Waals surface area contributed by atoms with E-state index in [4.69, 9.17) is 11.6 Å². The summed E-state index contributed by atoms with van der Waals surface area (Å²) >= 11 is 5.78. The normalized spacial score (nSPS) is 11.0. The van der Waals surface area contributed by atoms with Crippen molar-refractivity contribution in [2.24, 2.45) is 0 Å². The Morgan fingerprint density at radius 1 is 1.05 bits per heavy atom. The molecule has 0 saturated carbocycles. The first-order chi connectivity index (χ1) is 9.54. The van der Waals surface area contributed by atoms with Gasteiger partial charge in [-0.3, -0.25) is 0 Å². The molecule has 2 aromatic heterocycles. The highest BCUT2D eigenvalue weighted by molar-refractivity contribution is 6.29. The molecule has 0 unspecified atom stereocenters. The standard InChI is InChI=1S/C11H5ClF3N5/c12-9-3-10(20-11(19-9)16-4-17-20)18-8-2-6(14)5(13)1-7(8)15/h1-4,18H. The Balaban J connectivity index is 2.09. The summed E-state index contributed by atoms with van der Waals surface area (Å²) in [6.07, 6.45) is 1.23. The predicted molar refractivity (Wildman–Crippen MR) is 65.4 cm³/mol. The Labute approximate surface area is 115 Å². The van der Waals surface area contributed by atoms with Gasteiger partial charge in [0.15, 0.2) is 11.6 Å². The molecule has 3 rings (SSSR count). The third-order valence-electron chi connectivity index (χ3n) is 2.49. The number of anilines is 2. The largest absolute Gasteiger partial charge is 0.337 e. The van der Waals surface area contributed by atoms with Crippen LogP contribution in [0.5, 0.6) is 0 Å². The van der Waals surface area contributed by atoms with Gasteiger partial charge in [-0.25, -0.2) is 13.2 Å². The summed E-state index contributed by atoms with van der Waals surface area (Å²) in [7, 11) is 0. The van der Waals surface area contributed by atoms with E-state index in [0.29, 0.717) is 12.1 Å². The van der Waals surface area contributed by atoms with Gasteiger partial charge in [-0.15, -0.1) is 0 Å². The first-order valence-electron chi connectivity index (χ1n) is 5.32. The van der Waals surface area contributed by atoms with E-state index in [1.807, 2.05) is 0 Å². The Hall–Kier alpha value is -2.35. The van der Waals surface area contributed by atoms with Gasteiger partial charge < -0.3 is 5.32 Å². The van der Waals surface area contributed by atoms with Crippen molar-refractivity contribution >= 4 is 28.9 Å². The fourth-order valence-corrected chi connectivity index (χ4v) is 1.81. The molecule has 1 N–H and O–H groups in total. The van der Waals surface area contributed by atoms with Crippen molar-refractivity contribution in [3.05, 3.63) is 47.1 Å². The fourth-order valence-electron chi connectivity index (χ4n) is 1.63. The summed E-state index contributed by atoms with van der Waals surface area (Å²) in [6.45, 7) is 0. The number of rotatable bonds is 2. The Morgan fingerprint density at radius 3 is 2.60 bits per heavy atom. The van der Waals surface area contributed by atoms with Crippen molar-refractivity contribution in [3.63, 3.8) is 0 Å². The van der Waals surface area contributed by atoms with Crippen LogP contribution in [0.15, 0.2) is 24.5 Å². The van der Waals surface area contributed by atoms with Gasteiger partial charge in [-0.1, -0.05) is 11.6 Å². The van der Waals surface area contributed by atoms with Gasteiger partial charge in [0.25, 0.3) is 5.78 Å². The van der Waals surface area contributed by atoms with Gasteiger partial charge in [0.1, 0.15) is 23.1 Å². The number of hydrogen-bond acceptors (Lipinski definition) is 4. The van der Waals surface area contributed by atoms with Gasteiger partial charge in [0.05, 0.1) is 5.69 Å². The summed E-state index contributed by atoms with van der Waals surface area (Å²) in [4.78, 5) is 7.70. The zero-order valence-corrected chi connectivity index (χ0v) is 10.4. The maximum atomic E-state index is 13.6. The van der Waals surface area contributed by atoms with Crippen molar-refractivity contribution in [2.75, 3.05) is 5.32 Å². The zero-order valence-electron chi connectivity index (χ0n) is 9.61. The predicted octanol–water partition coefficient (Wildman–Crippen LogP) is 2.94. The number of aromatic nitrogens is 4. The second kappa shape index (κ2) is 4.64. The summed E-state index contributed by atoms with van der Waals surface area (Å²) in [5, 5.41) is 6.52. The van der Waals surface area contributed by atoms with Gasteiger partial charge in [-0.05, 0) is 0 Å². The number of hydrogen-bond donors (Lipinski definition) is 1. The van der Waals surface area contributed by atoms with Crippen LogP contribution in [0, 0.1) is 17.5 Å². The fraction of sp³-hybridized carbons (Fsp3) is 0. The van der Waals surface area contributed by atoms with E-state index in [1.165, 1.54) is 16.9 Å². The van der Waals surface area contributed by atoms with E-state index < -0.39 is 17.5 Å². The molecule has 0 atom stereocenters. The van der Waals surface area contributed by atoms with Crippen molar-refractivity contribution in [1.82, 2.24) is 19.6 Å². The Bertz CT molecular complexity index is 804. The van der Waals surface area contributed by atoms with E-state index in [-0.39, 0.29) is 22.4 Å². The number of halogens is 4. The van der Waals surface area contributed by atoms with Gasteiger partial charge in [0, 0.05) is 18.2 Å². The third kappa shape index (κ3) is 2.14. The molecule has 0 fully saturated rings. The molecule has 0 spiro atoms. The summed E-state index contributed by atoms with van der Waals surface area (Å²) in [5.74, 6) is -3.01. The molecule has 3 aromatic rings. The highest BCUT2D eigenvalue weighted by Crippen LogP contribution is 2.24. The molecule has 0 radical (unpaired) electrons. The quantitative estimate of drug-likeness (QED) is 0.584. The van der Waals surface area contributed by atoms with E-state index >= 15 is 0 Å². The van der Waals surface area contributed by atoms with Gasteiger partial charge in [-0.2, -0.15) is 19.6 Å². The van der Waals surface area contributed by atoms with E-state index in [9.17, 15) is 13.2 Å². The summed E-state index contributed by atoms with van der Waals surface area (Å²) in [6, 6.07) is 2.49. The van der Waals surface area contributed by atoms with Crippen LogP contribution >= 0.6 is 11.6 Å². The number of benzene rings is 1. The van der Waals surface area contributed by atoms with Crippen LogP contribution in [-0.4, -0.2) is 19.6 Å². The number of nitrogens with one attached hydrogen (secondary N) is 1. The molecule has 0 aliphatic heterocycles. The van der Waals surface area contributed by atoms with Crippen molar-refractivity contribution < 1.29 is 13.2 Å². The van der Waals surface area contributed by atoms with Crippen LogP contribution in [0.25, 0.3) is 5.78 Å². The first-order valence-corrected chi connectivity index (χ1v) is 5.70. The van der Waals surface area contributed by atoms with Crippen LogP contribution in [0.4, 0.5) is 24.7 Å². The molecule has 9 heteroatoms. The molecule has 0 amide bonds. The molecular weight excluding hydrogens is 295 g/mol. The molecule has 102 valence electrons. The van der Waals surface area contributed by atoms with Crippen molar-refractivity contribution in [2.45, 2.75) is 0 Å². The van der Waals surface area contributed by atoms with Crippen molar-refractivity contribution in [1.29, 1.82) is 0 Å². The van der Waals surface area contributed by atoms with E-state index in [2.05, 4.69) is 20.4 Å². The minimum Gasteiger partial charge on any atom is -0.337 e. The Kier molecular flexibility index (Phi) is 2.94. The van der Waals surface area contributed by atoms with Crippen LogP contribution in [0.3, 0.4) is 0 Å². The molecule has 2 heterocycles. The maximum absolute atomic E-state index is 13.6. The minimum atomic E-state index is -1.27. The number of nitrogens with zero attached hydrogens (tertiary/aromatic N) is 4. The van der Waals surface area contributed by atoms with E-state index in [0.717, 1.165) is 0 Å². The average Bonchev–Trinajstić information content (AvgIpc) is 2.84. The lowest BCUT2D eigenvalue weighted by atomic mass is 10.3. The smallest absolute Gasteiger partial charge is 0.255 e. The van der Waals surface area contributed by atoms with E-state index in [1.54, 1.807) is 0 Å². The lowest BCUT2D eigenvalue weighted by Crippen LogP contribution is -2.04. The minimum absolute atomic E-state index is 0.0935. The molecule has 20 heavy (non-hydrogen) atoms. The van der Waals surface area contributed by atoms with Crippen LogP contribution < -0.4 is 5.32 Å². The third-order valence-corrected chi connectivity index (χ3v) is 2.69. The Morgan fingerprint density at radius 2 is 1.80 bits per heavy atom. The lowest BCUT2D eigenvalue weighted by Gasteiger charge is -2.09. The van der Waals surface area contributed by atoms with Crippen LogP contribution in [-0.2, 0) is 0 Å². The first kappa shape index (κ1) is 12.7. The molecule has 0 bridgehead atoms. The highest BCUT2D eigenvalue weighted by atomic mass is 35.5. The second-order valence-corrected chi connectivity index (χ2v) is 4.19. The lowest BCUT2D eigenvalue weighted by molar-refractivity contribution is 0.496. The molecule has 5 nitrogen and oxygen atoms in total. The zero-order chi connectivity index (χ0) is 14.3. The van der Waals surface area contributed by atoms with Crippen LogP contribution in [0.1, 0.15) is 0 Å². The molecular formula is C11H5ClF3N5. The summed E-state index contributed by atoms with van der Waals surface area (Å²) < 4.78 is 40.8. The monoisotopic (exact) mass is 299 g/mol. The SMILES string of the molecule is Fc1cc(F)c(Nc2cc(Cl)nc3ncnn23)cc1F. The number of fused-ring (bicyclic) bond motifs is 1. The van der Waals surface area contributed by atoms with Crippen LogP contribution in [0.2, 0.25) is 5.15 Å². The molecule has 0 aliphatic rings. The molecule has 0 aliphatic carbocycles. The average molecular weight is 300 g/mol. The van der Waals surface area contributed by atoms with Gasteiger partial charge in [0.2, 0.25) is 0 Å². The highest BCUT2D eigenvalue weighted by Gasteiger charge is 2.12. The van der Waals surface area contributed by atoms with Gasteiger partial charge >= 0.3 is 0 Å². The van der Waals surface area contributed by atoms with Crippen molar-refractivity contribution in [3.8, 4) is 0 Å². The summed E-state index contributed by atoms with van der Waals surface area (Å²) in [5.41, 5.74) is -0.261. The second-order valence-electron chi connectivity index (χ2n) is 3.81. The molecule has 0 saturated heterocycles. The molecule has 1 aromatic carbocycles. The maximum Gasteiger partial charge on any atom is 0.255 e. The topological polar surface area (TPSA) is 55.1 Å².